The summed E-state index contributed by atoms with van der Waals surface area (Å²) in [5.41, 5.74) is 0.896. The van der Waals surface area contributed by atoms with Crippen molar-refractivity contribution in [2.75, 3.05) is 19.7 Å². The number of nitrogens with zero attached hydrogens (tertiary/aromatic N) is 4. The van der Waals surface area contributed by atoms with E-state index in [1.807, 2.05) is 10.6 Å². The lowest BCUT2D eigenvalue weighted by molar-refractivity contribution is -0.138. The van der Waals surface area contributed by atoms with E-state index in [1.54, 1.807) is 19.3 Å². The van der Waals surface area contributed by atoms with Crippen molar-refractivity contribution >= 4 is 11.0 Å². The zero-order valence-corrected chi connectivity index (χ0v) is 17.7. The van der Waals surface area contributed by atoms with Crippen LogP contribution in [-0.2, 0) is 12.7 Å². The molecule has 1 saturated carbocycles. The molecular formula is C23H24F3N5O. The first kappa shape index (κ1) is 22.1. The Morgan fingerprint density at radius 1 is 1.28 bits per heavy atom. The topological polar surface area (TPSA) is 75.8 Å². The Hall–Kier alpha value is -3.12. The molecule has 1 aliphatic carbocycles. The van der Waals surface area contributed by atoms with Crippen molar-refractivity contribution in [3.63, 3.8) is 0 Å². The normalized spacial score (nSPS) is 14.0. The number of hydrogen-bond acceptors (Lipinski definition) is 5. The maximum Gasteiger partial charge on any atom is 0.419 e. The van der Waals surface area contributed by atoms with E-state index in [0.29, 0.717) is 17.6 Å². The van der Waals surface area contributed by atoms with E-state index >= 15 is 0 Å². The molecule has 0 spiro atoms. The molecule has 168 valence electrons. The minimum atomic E-state index is -4.57. The van der Waals surface area contributed by atoms with Gasteiger partial charge in [0.2, 0.25) is 0 Å². The van der Waals surface area contributed by atoms with Gasteiger partial charge < -0.3 is 14.6 Å². The number of aryl methyl sites for hydroxylation is 1. The summed E-state index contributed by atoms with van der Waals surface area (Å²) in [5, 5.41) is 13.0. The van der Waals surface area contributed by atoms with Crippen molar-refractivity contribution in [1.29, 1.82) is 5.26 Å². The lowest BCUT2D eigenvalue weighted by Gasteiger charge is -2.15. The lowest BCUT2D eigenvalue weighted by Crippen LogP contribution is -2.19. The number of imidazole rings is 1. The Balaban J connectivity index is 1.64. The van der Waals surface area contributed by atoms with Crippen molar-refractivity contribution in [2.45, 2.75) is 38.9 Å². The van der Waals surface area contributed by atoms with E-state index in [4.69, 9.17) is 4.74 Å². The smallest absolute Gasteiger partial charge is 0.419 e. The number of aromatic nitrogens is 3. The molecule has 0 radical (unpaired) electrons. The van der Waals surface area contributed by atoms with Crippen LogP contribution in [0.4, 0.5) is 13.2 Å². The first-order valence-electron chi connectivity index (χ1n) is 10.7. The molecule has 32 heavy (non-hydrogen) atoms. The van der Waals surface area contributed by atoms with E-state index in [2.05, 4.69) is 15.3 Å². The second-order valence-corrected chi connectivity index (χ2v) is 7.92. The van der Waals surface area contributed by atoms with Crippen LogP contribution < -0.4 is 10.1 Å². The van der Waals surface area contributed by atoms with Crippen LogP contribution in [0.2, 0.25) is 0 Å². The molecule has 0 bridgehead atoms. The van der Waals surface area contributed by atoms with Crippen molar-refractivity contribution in [3.8, 4) is 23.1 Å². The number of nitrogens with one attached hydrogen (secondary N) is 1. The van der Waals surface area contributed by atoms with Gasteiger partial charge in [0.05, 0.1) is 29.7 Å². The highest BCUT2D eigenvalue weighted by Gasteiger charge is 2.35. The minimum Gasteiger partial charge on any atom is -0.493 e. The quantitative estimate of drug-likeness (QED) is 0.482. The number of hydrogen-bond donors (Lipinski definition) is 1. The molecular weight excluding hydrogens is 419 g/mol. The van der Waals surface area contributed by atoms with Gasteiger partial charge in [0, 0.05) is 12.1 Å². The second kappa shape index (κ2) is 9.17. The highest BCUT2D eigenvalue weighted by Crippen LogP contribution is 2.39. The van der Waals surface area contributed by atoms with Crippen LogP contribution >= 0.6 is 0 Å². The van der Waals surface area contributed by atoms with E-state index < -0.39 is 11.7 Å². The summed E-state index contributed by atoms with van der Waals surface area (Å²) in [5.74, 6) is 0.584. The number of benzene rings is 1. The zero-order valence-electron chi connectivity index (χ0n) is 17.7. The van der Waals surface area contributed by atoms with Gasteiger partial charge in [0.25, 0.3) is 0 Å². The van der Waals surface area contributed by atoms with Gasteiger partial charge >= 0.3 is 6.18 Å². The summed E-state index contributed by atoms with van der Waals surface area (Å²) in [6.45, 7) is 4.34. The number of pyridine rings is 1. The largest absolute Gasteiger partial charge is 0.493 e. The van der Waals surface area contributed by atoms with E-state index in [0.717, 1.165) is 31.5 Å². The third-order valence-corrected chi connectivity index (χ3v) is 5.48. The number of rotatable bonds is 9. The fraction of sp³-hybridized carbons (Fsp3) is 0.435. The molecule has 2 heterocycles. The maximum atomic E-state index is 13.6. The minimum absolute atomic E-state index is 0.0885. The number of halogens is 3. The van der Waals surface area contributed by atoms with Crippen LogP contribution in [0, 0.1) is 17.2 Å². The number of ether oxygens (including phenoxy) is 1. The molecule has 4 rings (SSSR count). The predicted octanol–water partition coefficient (Wildman–Crippen LogP) is 4.78. The molecule has 1 aromatic carbocycles. The van der Waals surface area contributed by atoms with Gasteiger partial charge in [-0.1, -0.05) is 0 Å². The van der Waals surface area contributed by atoms with Gasteiger partial charge in [0.1, 0.15) is 17.3 Å². The number of fused-ring (bicyclic) bond motifs is 1. The Morgan fingerprint density at radius 3 is 2.78 bits per heavy atom. The summed E-state index contributed by atoms with van der Waals surface area (Å²) >= 11 is 0. The Morgan fingerprint density at radius 2 is 2.09 bits per heavy atom. The van der Waals surface area contributed by atoms with Crippen LogP contribution in [0.25, 0.3) is 22.3 Å². The fourth-order valence-electron chi connectivity index (χ4n) is 3.66. The Kier molecular flexibility index (Phi) is 6.33. The molecule has 1 fully saturated rings. The van der Waals surface area contributed by atoms with Gasteiger partial charge in [-0.2, -0.15) is 18.4 Å². The highest BCUT2D eigenvalue weighted by molar-refractivity contribution is 5.84. The number of nitriles is 1. The fourth-order valence-corrected chi connectivity index (χ4v) is 3.66. The first-order chi connectivity index (χ1) is 15.4. The highest BCUT2D eigenvalue weighted by atomic mass is 19.4. The van der Waals surface area contributed by atoms with Gasteiger partial charge in [-0.05, 0) is 69.5 Å². The summed E-state index contributed by atoms with van der Waals surface area (Å²) in [7, 11) is 0. The van der Waals surface area contributed by atoms with Crippen molar-refractivity contribution in [1.82, 2.24) is 19.9 Å². The Labute approximate surface area is 184 Å². The average molecular weight is 443 g/mol. The van der Waals surface area contributed by atoms with Gasteiger partial charge in [0.15, 0.2) is 5.69 Å². The van der Waals surface area contributed by atoms with Crippen LogP contribution in [0.1, 0.15) is 37.4 Å². The van der Waals surface area contributed by atoms with E-state index in [-0.39, 0.29) is 29.3 Å². The predicted molar refractivity (Wildman–Crippen MR) is 114 cm³/mol. The summed E-state index contributed by atoms with van der Waals surface area (Å²) < 4.78 is 47.8. The van der Waals surface area contributed by atoms with Crippen LogP contribution in [0.5, 0.6) is 5.75 Å². The van der Waals surface area contributed by atoms with E-state index in [1.165, 1.54) is 25.0 Å². The number of alkyl halides is 3. The zero-order chi connectivity index (χ0) is 22.7. The van der Waals surface area contributed by atoms with Gasteiger partial charge in [-0.15, -0.1) is 0 Å². The average Bonchev–Trinajstić information content (AvgIpc) is 3.51. The summed E-state index contributed by atoms with van der Waals surface area (Å²) in [4.78, 5) is 8.59. The Bertz CT molecular complexity index is 1140. The molecule has 0 unspecified atom stereocenters. The molecule has 0 amide bonds. The summed E-state index contributed by atoms with van der Waals surface area (Å²) in [6, 6.07) is 7.55. The molecule has 1 N–H and O–H groups in total. The van der Waals surface area contributed by atoms with E-state index in [9.17, 15) is 18.4 Å². The van der Waals surface area contributed by atoms with Crippen molar-refractivity contribution in [2.24, 2.45) is 5.92 Å². The van der Waals surface area contributed by atoms with Crippen LogP contribution in [0.15, 0.2) is 30.6 Å². The first-order valence-corrected chi connectivity index (χ1v) is 10.7. The SMILES string of the molecule is CCOc1ccc(-c2cc3c(ncn3CCCNCC3CC3)c(C#N)n2)cc1C(F)(F)F. The maximum absolute atomic E-state index is 13.6. The summed E-state index contributed by atoms with van der Waals surface area (Å²) in [6.07, 6.45) is 0.551. The third-order valence-electron chi connectivity index (χ3n) is 5.48. The molecule has 0 aliphatic heterocycles. The standard InChI is InChI=1S/C23H24F3N5O/c1-2-32-21-7-6-16(10-17(21)23(24,25)26)18-11-20-22(19(12-27)30-18)29-14-31(20)9-3-8-28-13-15-4-5-15/h6-7,10-11,14-15,28H,2-5,8-9,13H2,1H3. The van der Waals surface area contributed by atoms with Crippen LogP contribution in [-0.4, -0.2) is 34.2 Å². The third kappa shape index (κ3) is 4.86. The van der Waals surface area contributed by atoms with Gasteiger partial charge in [-0.3, -0.25) is 0 Å². The molecule has 9 heteroatoms. The monoisotopic (exact) mass is 443 g/mol. The molecule has 0 saturated heterocycles. The van der Waals surface area contributed by atoms with Crippen molar-refractivity contribution in [3.05, 3.63) is 41.9 Å². The second-order valence-electron chi connectivity index (χ2n) is 7.92. The molecule has 3 aromatic rings. The molecule has 2 aromatic heterocycles. The van der Waals surface area contributed by atoms with Crippen LogP contribution in [0.3, 0.4) is 0 Å². The molecule has 6 nitrogen and oxygen atoms in total. The lowest BCUT2D eigenvalue weighted by atomic mass is 10.1. The molecule has 0 atom stereocenters. The molecule has 1 aliphatic rings. The van der Waals surface area contributed by atoms with Crippen molar-refractivity contribution < 1.29 is 17.9 Å². The van der Waals surface area contributed by atoms with Gasteiger partial charge in [-0.25, -0.2) is 9.97 Å².